The van der Waals surface area contributed by atoms with E-state index in [1.165, 1.54) is 56.7 Å². The molecular weight excluding hydrogens is 216 g/mol. The van der Waals surface area contributed by atoms with Crippen LogP contribution in [0, 0.1) is 0 Å². The molecule has 1 heterocycles. The fraction of sp³-hybridized carbons (Fsp3) is 1.00. The molecule has 0 aromatic rings. The molecule has 0 aromatic carbocycles. The highest BCUT2D eigenvalue weighted by atomic mass is 32.2. The monoisotopic (exact) mass is 244 g/mol. The summed E-state index contributed by atoms with van der Waals surface area (Å²) in [6.07, 6.45) is 6.71. The van der Waals surface area contributed by atoms with E-state index in [0.717, 1.165) is 6.04 Å². The van der Waals surface area contributed by atoms with E-state index in [4.69, 9.17) is 0 Å². The molecule has 1 aliphatic heterocycles. The first-order valence-electron chi connectivity index (χ1n) is 6.87. The van der Waals surface area contributed by atoms with Gasteiger partial charge in [-0.25, -0.2) is 0 Å². The summed E-state index contributed by atoms with van der Waals surface area (Å²) in [7, 11) is 0. The number of nitrogens with one attached hydrogen (secondary N) is 2. The van der Waals surface area contributed by atoms with Crippen molar-refractivity contribution >= 4 is 11.8 Å². The van der Waals surface area contributed by atoms with Gasteiger partial charge in [0.15, 0.2) is 0 Å². The maximum absolute atomic E-state index is 3.64. The fourth-order valence-corrected chi connectivity index (χ4v) is 3.11. The van der Waals surface area contributed by atoms with E-state index in [2.05, 4.69) is 36.2 Å². The number of rotatable bonds is 8. The van der Waals surface area contributed by atoms with E-state index in [-0.39, 0.29) is 0 Å². The van der Waals surface area contributed by atoms with Gasteiger partial charge in [0, 0.05) is 30.1 Å². The van der Waals surface area contributed by atoms with Crippen molar-refractivity contribution in [3.63, 3.8) is 0 Å². The minimum absolute atomic E-state index is 0.697. The molecule has 1 aliphatic rings. The molecule has 2 atom stereocenters. The van der Waals surface area contributed by atoms with Crippen LogP contribution in [0.5, 0.6) is 0 Å². The fourth-order valence-electron chi connectivity index (χ4n) is 2.11. The molecule has 0 bridgehead atoms. The van der Waals surface area contributed by atoms with Crippen LogP contribution in [0.3, 0.4) is 0 Å². The van der Waals surface area contributed by atoms with E-state index in [1.807, 2.05) is 0 Å². The number of hydrogen-bond donors (Lipinski definition) is 2. The molecule has 0 amide bonds. The Morgan fingerprint density at radius 2 is 2.31 bits per heavy atom. The van der Waals surface area contributed by atoms with Crippen molar-refractivity contribution in [3.05, 3.63) is 0 Å². The molecule has 0 radical (unpaired) electrons. The molecule has 96 valence electrons. The summed E-state index contributed by atoms with van der Waals surface area (Å²) in [6, 6.07) is 1.44. The summed E-state index contributed by atoms with van der Waals surface area (Å²) in [4.78, 5) is 0. The average molecular weight is 244 g/mol. The summed E-state index contributed by atoms with van der Waals surface area (Å²) in [6.45, 7) is 6.95. The van der Waals surface area contributed by atoms with Crippen LogP contribution in [-0.2, 0) is 0 Å². The van der Waals surface area contributed by atoms with Crippen LogP contribution in [0.15, 0.2) is 0 Å². The van der Waals surface area contributed by atoms with Crippen molar-refractivity contribution < 1.29 is 0 Å². The standard InChI is InChI=1S/C13H28N2S/c1-3-4-5-6-12(2)14-8-7-13-11-16-10-9-15-13/h12-15H,3-11H2,1-2H3. The molecule has 0 saturated carbocycles. The molecule has 0 aromatic heterocycles. The maximum Gasteiger partial charge on any atom is 0.0170 e. The Balaban J connectivity index is 1.92. The van der Waals surface area contributed by atoms with E-state index in [0.29, 0.717) is 6.04 Å². The highest BCUT2D eigenvalue weighted by molar-refractivity contribution is 7.99. The van der Waals surface area contributed by atoms with Crippen LogP contribution in [0.1, 0.15) is 46.0 Å². The molecule has 0 spiro atoms. The Kier molecular flexibility index (Phi) is 8.34. The second-order valence-electron chi connectivity index (χ2n) is 4.87. The van der Waals surface area contributed by atoms with Gasteiger partial charge >= 0.3 is 0 Å². The summed E-state index contributed by atoms with van der Waals surface area (Å²) >= 11 is 2.09. The Labute approximate surface area is 105 Å². The van der Waals surface area contributed by atoms with Crippen LogP contribution >= 0.6 is 11.8 Å². The molecule has 2 N–H and O–H groups in total. The molecular formula is C13H28N2S. The van der Waals surface area contributed by atoms with E-state index < -0.39 is 0 Å². The van der Waals surface area contributed by atoms with Crippen LogP contribution < -0.4 is 10.6 Å². The first kappa shape index (κ1) is 14.3. The van der Waals surface area contributed by atoms with Gasteiger partial charge in [-0.15, -0.1) is 0 Å². The lowest BCUT2D eigenvalue weighted by atomic mass is 10.1. The van der Waals surface area contributed by atoms with Crippen LogP contribution in [-0.4, -0.2) is 36.7 Å². The predicted molar refractivity (Wildman–Crippen MR) is 75.3 cm³/mol. The van der Waals surface area contributed by atoms with E-state index in [9.17, 15) is 0 Å². The number of thioether (sulfide) groups is 1. The van der Waals surface area contributed by atoms with E-state index >= 15 is 0 Å². The molecule has 1 rings (SSSR count). The minimum atomic E-state index is 0.697. The second-order valence-corrected chi connectivity index (χ2v) is 6.02. The quantitative estimate of drug-likeness (QED) is 0.642. The van der Waals surface area contributed by atoms with Crippen molar-refractivity contribution in [1.29, 1.82) is 0 Å². The first-order valence-corrected chi connectivity index (χ1v) is 8.03. The van der Waals surface area contributed by atoms with Gasteiger partial charge in [0.25, 0.3) is 0 Å². The average Bonchev–Trinajstić information content (AvgIpc) is 2.31. The summed E-state index contributed by atoms with van der Waals surface area (Å²) in [5.74, 6) is 2.59. The lowest BCUT2D eigenvalue weighted by molar-refractivity contribution is 0.448. The molecule has 1 saturated heterocycles. The predicted octanol–water partition coefficient (Wildman–Crippen LogP) is 2.64. The summed E-state index contributed by atoms with van der Waals surface area (Å²) < 4.78 is 0. The lowest BCUT2D eigenvalue weighted by Gasteiger charge is -2.24. The molecule has 1 fully saturated rings. The third kappa shape index (κ3) is 6.77. The third-order valence-corrected chi connectivity index (χ3v) is 4.36. The summed E-state index contributed by atoms with van der Waals surface area (Å²) in [5, 5.41) is 7.22. The largest absolute Gasteiger partial charge is 0.314 e. The van der Waals surface area contributed by atoms with Crippen LogP contribution in [0.25, 0.3) is 0 Å². The smallest absolute Gasteiger partial charge is 0.0170 e. The molecule has 3 heteroatoms. The highest BCUT2D eigenvalue weighted by Gasteiger charge is 2.12. The van der Waals surface area contributed by atoms with Gasteiger partial charge in [0.05, 0.1) is 0 Å². The zero-order valence-electron chi connectivity index (χ0n) is 10.9. The zero-order chi connectivity index (χ0) is 11.6. The van der Waals surface area contributed by atoms with Crippen molar-refractivity contribution in [2.75, 3.05) is 24.6 Å². The number of hydrogen-bond acceptors (Lipinski definition) is 3. The number of unbranched alkanes of at least 4 members (excludes halogenated alkanes) is 2. The van der Waals surface area contributed by atoms with Crippen molar-refractivity contribution in [1.82, 2.24) is 10.6 Å². The highest BCUT2D eigenvalue weighted by Crippen LogP contribution is 2.10. The molecule has 16 heavy (non-hydrogen) atoms. The first-order chi connectivity index (χ1) is 7.83. The van der Waals surface area contributed by atoms with Gasteiger partial charge in [-0.2, -0.15) is 11.8 Å². The molecule has 2 unspecified atom stereocenters. The lowest BCUT2D eigenvalue weighted by Crippen LogP contribution is -2.40. The van der Waals surface area contributed by atoms with Gasteiger partial charge in [0.2, 0.25) is 0 Å². The zero-order valence-corrected chi connectivity index (χ0v) is 11.7. The normalized spacial score (nSPS) is 23.2. The Hall–Kier alpha value is 0.270. The van der Waals surface area contributed by atoms with Crippen molar-refractivity contribution in [3.8, 4) is 0 Å². The topological polar surface area (TPSA) is 24.1 Å². The van der Waals surface area contributed by atoms with Gasteiger partial charge in [-0.05, 0) is 26.3 Å². The Bertz CT molecular complexity index is 158. The Morgan fingerprint density at radius 3 is 3.00 bits per heavy atom. The van der Waals surface area contributed by atoms with E-state index in [1.54, 1.807) is 0 Å². The van der Waals surface area contributed by atoms with Gasteiger partial charge in [-0.3, -0.25) is 0 Å². The van der Waals surface area contributed by atoms with Crippen molar-refractivity contribution in [2.24, 2.45) is 0 Å². The second kappa shape index (κ2) is 9.32. The van der Waals surface area contributed by atoms with Gasteiger partial charge in [0.1, 0.15) is 0 Å². The van der Waals surface area contributed by atoms with Gasteiger partial charge < -0.3 is 10.6 Å². The molecule has 0 aliphatic carbocycles. The third-order valence-electron chi connectivity index (χ3n) is 3.22. The van der Waals surface area contributed by atoms with Crippen LogP contribution in [0.4, 0.5) is 0 Å². The summed E-state index contributed by atoms with van der Waals surface area (Å²) in [5.41, 5.74) is 0. The van der Waals surface area contributed by atoms with Crippen molar-refractivity contribution in [2.45, 2.75) is 58.0 Å². The Morgan fingerprint density at radius 1 is 1.44 bits per heavy atom. The van der Waals surface area contributed by atoms with Gasteiger partial charge in [-0.1, -0.05) is 26.2 Å². The minimum Gasteiger partial charge on any atom is -0.314 e. The van der Waals surface area contributed by atoms with Crippen LogP contribution in [0.2, 0.25) is 0 Å². The SMILES string of the molecule is CCCCCC(C)NCCC1CSCCN1. The molecule has 2 nitrogen and oxygen atoms in total. The maximum atomic E-state index is 3.64.